The molecule has 3 aromatic heterocycles. The summed E-state index contributed by atoms with van der Waals surface area (Å²) >= 11 is 0. The van der Waals surface area contributed by atoms with E-state index in [0.29, 0.717) is 17.0 Å². The third kappa shape index (κ3) is 3.15. The maximum Gasteiger partial charge on any atom is 0.265 e. The van der Waals surface area contributed by atoms with Gasteiger partial charge in [-0.05, 0) is 18.2 Å². The van der Waals surface area contributed by atoms with Gasteiger partial charge in [0.1, 0.15) is 17.5 Å². The molecule has 0 N–H and O–H groups in total. The first-order chi connectivity index (χ1) is 14.9. The first-order valence-electron chi connectivity index (χ1n) is 10.2. The Morgan fingerprint density at radius 2 is 1.71 bits per heavy atom. The third-order valence-corrected chi connectivity index (χ3v) is 5.90. The molecule has 4 heterocycles. The van der Waals surface area contributed by atoms with Crippen molar-refractivity contribution in [3.05, 3.63) is 41.1 Å². The highest BCUT2D eigenvalue weighted by molar-refractivity contribution is 5.91. The number of hydrogen-bond donors (Lipinski definition) is 0. The molecule has 0 atom stereocenters. The average Bonchev–Trinajstić information content (AvgIpc) is 3.16. The van der Waals surface area contributed by atoms with Crippen LogP contribution in [0, 0.1) is 0 Å². The molecule has 10 nitrogen and oxygen atoms in total. The van der Waals surface area contributed by atoms with Crippen LogP contribution in [0.15, 0.2) is 35.5 Å². The van der Waals surface area contributed by atoms with Gasteiger partial charge in [0.25, 0.3) is 5.56 Å². The largest absolute Gasteiger partial charge is 0.368 e. The highest BCUT2D eigenvalue weighted by atomic mass is 16.1. The lowest BCUT2D eigenvalue weighted by Gasteiger charge is -2.37. The van der Waals surface area contributed by atoms with Crippen molar-refractivity contribution in [3.63, 3.8) is 0 Å². The summed E-state index contributed by atoms with van der Waals surface area (Å²) in [5.74, 6) is 1.59. The van der Waals surface area contributed by atoms with E-state index in [0.717, 1.165) is 48.6 Å². The molecule has 1 aliphatic rings. The van der Waals surface area contributed by atoms with Crippen LogP contribution in [0.3, 0.4) is 0 Å². The molecule has 0 spiro atoms. The van der Waals surface area contributed by atoms with Gasteiger partial charge in [-0.15, -0.1) is 0 Å². The Kier molecular flexibility index (Phi) is 4.49. The number of aromatic nitrogens is 6. The van der Waals surface area contributed by atoms with Gasteiger partial charge in [-0.3, -0.25) is 14.0 Å². The molecule has 0 unspecified atom stereocenters. The van der Waals surface area contributed by atoms with E-state index in [-0.39, 0.29) is 5.56 Å². The molecule has 0 radical (unpaired) electrons. The van der Waals surface area contributed by atoms with Crippen molar-refractivity contribution in [1.29, 1.82) is 0 Å². The lowest BCUT2D eigenvalue weighted by Crippen LogP contribution is -2.48. The Morgan fingerprint density at radius 1 is 0.968 bits per heavy atom. The molecule has 1 fully saturated rings. The van der Waals surface area contributed by atoms with Gasteiger partial charge in [-0.1, -0.05) is 0 Å². The Labute approximate surface area is 179 Å². The molecule has 1 aromatic carbocycles. The molecular formula is C21H25N9O. The lowest BCUT2D eigenvalue weighted by molar-refractivity contribution is 0.622. The Morgan fingerprint density at radius 3 is 2.45 bits per heavy atom. The SMILES string of the molecule is CN(C)c1ncnc2ccc(N3CCN(c4nc5c(cnn5C)c(=O)n4C)CC3)cc12. The van der Waals surface area contributed by atoms with E-state index in [9.17, 15) is 4.79 Å². The van der Waals surface area contributed by atoms with Gasteiger partial charge in [-0.2, -0.15) is 10.1 Å². The van der Waals surface area contributed by atoms with Crippen LogP contribution in [-0.2, 0) is 14.1 Å². The van der Waals surface area contributed by atoms with E-state index in [2.05, 4.69) is 37.0 Å². The lowest BCUT2D eigenvalue weighted by atomic mass is 10.1. The molecule has 160 valence electrons. The molecule has 1 aliphatic heterocycles. The molecule has 31 heavy (non-hydrogen) atoms. The van der Waals surface area contributed by atoms with Crippen molar-refractivity contribution in [3.8, 4) is 0 Å². The number of hydrogen-bond acceptors (Lipinski definition) is 8. The second-order valence-electron chi connectivity index (χ2n) is 8.05. The number of rotatable bonds is 3. The molecule has 0 aliphatic carbocycles. The van der Waals surface area contributed by atoms with Gasteiger partial charge in [0.2, 0.25) is 5.95 Å². The summed E-state index contributed by atoms with van der Waals surface area (Å²) in [5, 5.41) is 5.76. The first kappa shape index (κ1) is 19.3. The second-order valence-corrected chi connectivity index (χ2v) is 8.05. The minimum atomic E-state index is -0.0683. The summed E-state index contributed by atoms with van der Waals surface area (Å²) < 4.78 is 3.27. The summed E-state index contributed by atoms with van der Waals surface area (Å²) in [7, 11) is 7.56. The van der Waals surface area contributed by atoms with Crippen LogP contribution in [0.5, 0.6) is 0 Å². The van der Waals surface area contributed by atoms with Crippen LogP contribution in [-0.4, -0.2) is 69.6 Å². The predicted octanol–water partition coefficient (Wildman–Crippen LogP) is 1.00. The Hall–Kier alpha value is -3.69. The summed E-state index contributed by atoms with van der Waals surface area (Å²) in [5.41, 5.74) is 2.63. The monoisotopic (exact) mass is 419 g/mol. The summed E-state index contributed by atoms with van der Waals surface area (Å²) in [4.78, 5) is 32.8. The standard InChI is InChI=1S/C21H25N9O/c1-26(2)18-15-11-14(5-6-17(15)22-13-23-18)29-7-9-30(10-8-29)21-25-19-16(12-24-28(19)4)20(31)27(21)3/h5-6,11-13H,7-10H2,1-4H3. The Balaban J connectivity index is 1.42. The van der Waals surface area contributed by atoms with Crippen LogP contribution < -0.4 is 20.3 Å². The minimum absolute atomic E-state index is 0.0683. The normalized spacial score (nSPS) is 14.6. The minimum Gasteiger partial charge on any atom is -0.368 e. The smallest absolute Gasteiger partial charge is 0.265 e. The number of anilines is 3. The van der Waals surface area contributed by atoms with Gasteiger partial charge in [0, 0.05) is 65.4 Å². The first-order valence-corrected chi connectivity index (χ1v) is 10.2. The number of benzene rings is 1. The van der Waals surface area contributed by atoms with E-state index in [1.54, 1.807) is 28.8 Å². The molecule has 0 amide bonds. The highest BCUT2D eigenvalue weighted by Gasteiger charge is 2.23. The third-order valence-electron chi connectivity index (χ3n) is 5.90. The topological polar surface area (TPSA) is 88.2 Å². The summed E-state index contributed by atoms with van der Waals surface area (Å²) in [6.07, 6.45) is 3.18. The molecule has 1 saturated heterocycles. The molecule has 5 rings (SSSR count). The molecule has 10 heteroatoms. The zero-order valence-electron chi connectivity index (χ0n) is 18.1. The van der Waals surface area contributed by atoms with Gasteiger partial charge >= 0.3 is 0 Å². The predicted molar refractivity (Wildman–Crippen MR) is 122 cm³/mol. The fraction of sp³-hybridized carbons (Fsp3) is 0.381. The molecule has 4 aromatic rings. The maximum absolute atomic E-state index is 12.7. The number of piperazine rings is 1. The fourth-order valence-corrected chi connectivity index (χ4v) is 4.19. The Bertz CT molecular complexity index is 1330. The average molecular weight is 419 g/mol. The van der Waals surface area contributed by atoms with Crippen LogP contribution >= 0.6 is 0 Å². The van der Waals surface area contributed by atoms with Crippen LogP contribution in [0.2, 0.25) is 0 Å². The van der Waals surface area contributed by atoms with E-state index in [1.807, 2.05) is 32.1 Å². The van der Waals surface area contributed by atoms with Crippen molar-refractivity contribution in [2.75, 3.05) is 55.0 Å². The molecular weight excluding hydrogens is 394 g/mol. The van der Waals surface area contributed by atoms with Gasteiger partial charge < -0.3 is 14.7 Å². The van der Waals surface area contributed by atoms with E-state index in [4.69, 9.17) is 4.98 Å². The highest BCUT2D eigenvalue weighted by Crippen LogP contribution is 2.27. The van der Waals surface area contributed by atoms with Crippen molar-refractivity contribution < 1.29 is 0 Å². The van der Waals surface area contributed by atoms with Crippen molar-refractivity contribution >= 4 is 39.4 Å². The van der Waals surface area contributed by atoms with Crippen molar-refractivity contribution in [1.82, 2.24) is 29.3 Å². The van der Waals surface area contributed by atoms with Crippen molar-refractivity contribution in [2.24, 2.45) is 14.1 Å². The number of fused-ring (bicyclic) bond motifs is 2. The zero-order valence-corrected chi connectivity index (χ0v) is 18.1. The summed E-state index contributed by atoms with van der Waals surface area (Å²) in [6.45, 7) is 3.20. The molecule has 0 bridgehead atoms. The fourth-order valence-electron chi connectivity index (χ4n) is 4.19. The van der Waals surface area contributed by atoms with Gasteiger partial charge in [-0.25, -0.2) is 9.97 Å². The second kappa shape index (κ2) is 7.22. The summed E-state index contributed by atoms with van der Waals surface area (Å²) in [6, 6.07) is 6.32. The number of aryl methyl sites for hydroxylation is 1. The zero-order chi connectivity index (χ0) is 21.7. The maximum atomic E-state index is 12.7. The number of nitrogens with zero attached hydrogens (tertiary/aromatic N) is 9. The molecule has 0 saturated carbocycles. The van der Waals surface area contributed by atoms with Gasteiger partial charge in [0.15, 0.2) is 5.65 Å². The quantitative estimate of drug-likeness (QED) is 0.486. The van der Waals surface area contributed by atoms with E-state index < -0.39 is 0 Å². The van der Waals surface area contributed by atoms with Crippen LogP contribution in [0.1, 0.15) is 0 Å². The van der Waals surface area contributed by atoms with Crippen LogP contribution in [0.4, 0.5) is 17.5 Å². The van der Waals surface area contributed by atoms with Gasteiger partial charge in [0.05, 0.1) is 11.7 Å². The van der Waals surface area contributed by atoms with Crippen LogP contribution in [0.25, 0.3) is 21.9 Å². The van der Waals surface area contributed by atoms with E-state index in [1.165, 1.54) is 0 Å². The van der Waals surface area contributed by atoms with Crippen molar-refractivity contribution in [2.45, 2.75) is 0 Å². The van der Waals surface area contributed by atoms with E-state index >= 15 is 0 Å².